The minimum Gasteiger partial charge on any atom is -0.343 e. The normalized spacial score (nSPS) is 17.9. The smallest absolute Gasteiger partial charge is 0.301 e. The topological polar surface area (TPSA) is 95.7 Å². The number of amides is 1. The summed E-state index contributed by atoms with van der Waals surface area (Å²) in [4.78, 5) is 34.0. The molecule has 0 saturated carbocycles. The van der Waals surface area contributed by atoms with Gasteiger partial charge in [-0.1, -0.05) is 18.2 Å². The molecule has 8 nitrogen and oxygen atoms in total. The molecule has 0 bridgehead atoms. The first-order valence-electron chi connectivity index (χ1n) is 9.71. The molecule has 0 fully saturated rings. The highest BCUT2D eigenvalue weighted by molar-refractivity contribution is 6.71. The lowest BCUT2D eigenvalue weighted by Gasteiger charge is -2.11. The van der Waals surface area contributed by atoms with Crippen LogP contribution in [-0.2, 0) is 17.6 Å². The Morgan fingerprint density at radius 2 is 1.83 bits per heavy atom. The number of nitrogens with one attached hydrogen (secondary N) is 1. The summed E-state index contributed by atoms with van der Waals surface area (Å²) in [5.41, 5.74) is 3.73. The number of fused-ring (bicyclic) bond motifs is 3. The summed E-state index contributed by atoms with van der Waals surface area (Å²) in [6.45, 7) is 3.43. The van der Waals surface area contributed by atoms with Crippen LogP contribution in [0.4, 0.5) is 5.69 Å². The van der Waals surface area contributed by atoms with Crippen LogP contribution in [-0.4, -0.2) is 32.0 Å². The van der Waals surface area contributed by atoms with Gasteiger partial charge in [-0.05, 0) is 57.2 Å². The zero-order valence-electron chi connectivity index (χ0n) is 16.3. The fourth-order valence-electron chi connectivity index (χ4n) is 4.02. The van der Waals surface area contributed by atoms with Gasteiger partial charge in [0.1, 0.15) is 11.5 Å². The monoisotopic (exact) mass is 388 g/mol. The molecule has 5 rings (SSSR count). The predicted molar refractivity (Wildman–Crippen MR) is 112 cm³/mol. The van der Waals surface area contributed by atoms with Gasteiger partial charge in [0.25, 0.3) is 5.56 Å². The number of para-hydroxylation sites is 1. The molecule has 1 aliphatic carbocycles. The van der Waals surface area contributed by atoms with E-state index in [1.807, 2.05) is 18.2 Å². The van der Waals surface area contributed by atoms with Crippen LogP contribution in [0.25, 0.3) is 11.0 Å². The second-order valence-electron chi connectivity index (χ2n) is 7.38. The molecule has 2 aliphatic rings. The zero-order chi connectivity index (χ0) is 20.1. The molecule has 3 heterocycles. The van der Waals surface area contributed by atoms with Crippen LogP contribution < -0.4 is 10.6 Å². The highest BCUT2D eigenvalue weighted by atomic mass is 16.2. The Kier molecular flexibility index (Phi) is 3.94. The number of hydrogen-bond acceptors (Lipinski definition) is 5. The van der Waals surface area contributed by atoms with E-state index < -0.39 is 0 Å². The highest BCUT2D eigenvalue weighted by Crippen LogP contribution is 2.26. The van der Waals surface area contributed by atoms with Gasteiger partial charge in [-0.3, -0.25) is 9.59 Å². The third kappa shape index (κ3) is 2.71. The lowest BCUT2D eigenvalue weighted by atomic mass is 9.96. The number of aryl methyl sites for hydroxylation is 3. The lowest BCUT2D eigenvalue weighted by molar-refractivity contribution is -0.112. The average Bonchev–Trinajstić information content (AvgIpc) is 3.23. The van der Waals surface area contributed by atoms with Gasteiger partial charge in [0, 0.05) is 5.69 Å². The Hall–Kier alpha value is -3.55. The average molecular weight is 388 g/mol. The Balaban J connectivity index is 1.63. The van der Waals surface area contributed by atoms with Crippen LogP contribution in [0.2, 0.25) is 0 Å². The highest BCUT2D eigenvalue weighted by Gasteiger charge is 2.31. The molecule has 1 aliphatic heterocycles. The zero-order valence-corrected chi connectivity index (χ0v) is 16.3. The van der Waals surface area contributed by atoms with Crippen molar-refractivity contribution >= 4 is 34.1 Å². The Morgan fingerprint density at radius 3 is 2.62 bits per heavy atom. The molecule has 0 saturated heterocycles. The maximum absolute atomic E-state index is 13.3. The number of carbonyl (C=O) groups is 1. The van der Waals surface area contributed by atoms with Gasteiger partial charge in [-0.2, -0.15) is 19.9 Å². The third-order valence-corrected chi connectivity index (χ3v) is 5.45. The molecule has 8 heteroatoms. The first-order valence-corrected chi connectivity index (χ1v) is 9.71. The summed E-state index contributed by atoms with van der Waals surface area (Å²) in [6, 6.07) is 9.15. The van der Waals surface area contributed by atoms with Crippen molar-refractivity contribution in [1.29, 1.82) is 0 Å². The van der Waals surface area contributed by atoms with Crippen molar-refractivity contribution in [2.75, 3.05) is 5.01 Å². The molecule has 0 radical (unpaired) electrons. The van der Waals surface area contributed by atoms with Crippen LogP contribution in [0, 0.1) is 6.92 Å². The van der Waals surface area contributed by atoms with Crippen molar-refractivity contribution in [3.63, 3.8) is 0 Å². The first-order chi connectivity index (χ1) is 14.0. The number of anilines is 1. The summed E-state index contributed by atoms with van der Waals surface area (Å²) in [6.07, 6.45) is 3.94. The molecular formula is C21H20N6O2. The molecule has 146 valence electrons. The van der Waals surface area contributed by atoms with E-state index in [4.69, 9.17) is 0 Å². The number of rotatable bonds is 2. The van der Waals surface area contributed by atoms with Crippen molar-refractivity contribution in [3.05, 3.63) is 57.8 Å². The van der Waals surface area contributed by atoms with E-state index in [9.17, 15) is 9.59 Å². The molecular weight excluding hydrogens is 368 g/mol. The summed E-state index contributed by atoms with van der Waals surface area (Å²) in [5.74, 6) is 0.0588. The fraction of sp³-hybridized carbons (Fsp3) is 0.286. The fourth-order valence-corrected chi connectivity index (χ4v) is 4.02. The van der Waals surface area contributed by atoms with E-state index in [0.29, 0.717) is 28.3 Å². The molecule has 1 amide bonds. The maximum Gasteiger partial charge on any atom is 0.301 e. The van der Waals surface area contributed by atoms with Crippen molar-refractivity contribution in [2.24, 2.45) is 10.2 Å². The maximum atomic E-state index is 13.3. The molecule has 29 heavy (non-hydrogen) atoms. The van der Waals surface area contributed by atoms with Gasteiger partial charge >= 0.3 is 5.91 Å². The Labute approximate surface area is 166 Å². The molecule has 0 unspecified atom stereocenters. The van der Waals surface area contributed by atoms with Gasteiger partial charge in [0.2, 0.25) is 0 Å². The number of aromatic amines is 1. The van der Waals surface area contributed by atoms with Crippen molar-refractivity contribution in [1.82, 2.24) is 14.6 Å². The van der Waals surface area contributed by atoms with Crippen molar-refractivity contribution < 1.29 is 4.79 Å². The number of nitrogens with zero attached hydrogens (tertiary/aromatic N) is 5. The van der Waals surface area contributed by atoms with Crippen LogP contribution in [0.1, 0.15) is 36.8 Å². The third-order valence-electron chi connectivity index (χ3n) is 5.45. The Morgan fingerprint density at radius 1 is 1.07 bits per heavy atom. The number of hydrogen-bond donors (Lipinski definition) is 1. The van der Waals surface area contributed by atoms with Gasteiger partial charge in [0.05, 0.1) is 16.8 Å². The van der Waals surface area contributed by atoms with E-state index in [1.165, 1.54) is 9.69 Å². The van der Waals surface area contributed by atoms with Gasteiger partial charge in [-0.25, -0.2) is 4.98 Å². The molecule has 0 spiro atoms. The number of H-pyrrole nitrogens is 1. The lowest BCUT2D eigenvalue weighted by Crippen LogP contribution is -2.30. The van der Waals surface area contributed by atoms with Gasteiger partial charge in [-0.15, -0.1) is 0 Å². The van der Waals surface area contributed by atoms with Gasteiger partial charge in [0.15, 0.2) is 5.71 Å². The number of carbonyl (C=O) groups excluding carboxylic acids is 1. The number of hydrazone groups is 1. The van der Waals surface area contributed by atoms with Crippen molar-refractivity contribution in [3.8, 4) is 0 Å². The second kappa shape index (κ2) is 6.51. The second-order valence-corrected chi connectivity index (χ2v) is 7.38. The molecule has 2 aromatic heterocycles. The standard InChI is InChI=1S/C21H20N6O2/c1-12-18(21(29)27(24-12)14-8-4-3-5-9-14)25-26-13(2)22-19-17(20(26)28)15-10-6-7-11-16(15)23-19/h3-5,8-9,23H,6-7,10-11H2,1-2H3/b25-18-. The molecule has 3 aromatic rings. The van der Waals surface area contributed by atoms with E-state index in [1.54, 1.807) is 26.0 Å². The van der Waals surface area contributed by atoms with Crippen LogP contribution in [0.3, 0.4) is 0 Å². The summed E-state index contributed by atoms with van der Waals surface area (Å²) in [5, 5.41) is 10.6. The number of aromatic nitrogens is 3. The Bertz CT molecular complexity index is 1270. The quantitative estimate of drug-likeness (QED) is 0.731. The van der Waals surface area contributed by atoms with E-state index >= 15 is 0 Å². The van der Waals surface area contributed by atoms with E-state index in [-0.39, 0.29) is 17.2 Å². The summed E-state index contributed by atoms with van der Waals surface area (Å²) >= 11 is 0. The molecule has 1 N–H and O–H groups in total. The molecule has 0 atom stereocenters. The van der Waals surface area contributed by atoms with Crippen LogP contribution in [0.5, 0.6) is 0 Å². The predicted octanol–water partition coefficient (Wildman–Crippen LogP) is 2.54. The number of benzene rings is 1. The van der Waals surface area contributed by atoms with E-state index in [0.717, 1.165) is 36.9 Å². The minimum absolute atomic E-state index is 0.143. The largest absolute Gasteiger partial charge is 0.343 e. The molecule has 1 aromatic carbocycles. The summed E-state index contributed by atoms with van der Waals surface area (Å²) < 4.78 is 1.23. The van der Waals surface area contributed by atoms with Crippen LogP contribution >= 0.6 is 0 Å². The van der Waals surface area contributed by atoms with Crippen LogP contribution in [0.15, 0.2) is 45.3 Å². The van der Waals surface area contributed by atoms with Crippen molar-refractivity contribution in [2.45, 2.75) is 39.5 Å². The first kappa shape index (κ1) is 17.5. The van der Waals surface area contributed by atoms with E-state index in [2.05, 4.69) is 20.2 Å². The summed E-state index contributed by atoms with van der Waals surface area (Å²) in [7, 11) is 0. The van der Waals surface area contributed by atoms with Gasteiger partial charge < -0.3 is 4.98 Å². The SMILES string of the molecule is CC1=NN(c2ccccc2)C(=O)/C1=N\n1c(C)nc2[nH]c3c(c2c1=O)CCCC3. The minimum atomic E-state index is -0.365.